The van der Waals surface area contributed by atoms with Crippen molar-refractivity contribution >= 4 is 0 Å². The van der Waals surface area contributed by atoms with Gasteiger partial charge < -0.3 is 9.47 Å². The lowest BCUT2D eigenvalue weighted by Gasteiger charge is -2.14. The third kappa shape index (κ3) is 6.00. The smallest absolute Gasteiger partial charge is 0.164 e. The predicted molar refractivity (Wildman–Crippen MR) is 81.2 cm³/mol. The van der Waals surface area contributed by atoms with Crippen LogP contribution in [0.25, 0.3) is 0 Å². The van der Waals surface area contributed by atoms with E-state index in [-0.39, 0.29) is 0 Å². The molecule has 1 aromatic carbocycles. The second-order valence-corrected chi connectivity index (χ2v) is 5.01. The van der Waals surface area contributed by atoms with Crippen molar-refractivity contribution in [2.45, 2.75) is 59.3 Å². The predicted octanol–water partition coefficient (Wildman–Crippen LogP) is 5.13. The van der Waals surface area contributed by atoms with Crippen LogP contribution in [0.2, 0.25) is 0 Å². The van der Waals surface area contributed by atoms with Crippen LogP contribution in [0.15, 0.2) is 18.2 Å². The summed E-state index contributed by atoms with van der Waals surface area (Å²) in [6, 6.07) is 6.12. The van der Waals surface area contributed by atoms with Crippen molar-refractivity contribution in [1.82, 2.24) is 0 Å². The van der Waals surface area contributed by atoms with Crippen LogP contribution in [0.1, 0.15) is 57.9 Å². The summed E-state index contributed by atoms with van der Waals surface area (Å²) in [7, 11) is 0. The average molecular weight is 264 g/mol. The molecule has 0 saturated carbocycles. The number of ether oxygens (including phenoxy) is 2. The first-order valence-corrected chi connectivity index (χ1v) is 7.64. The fourth-order valence-corrected chi connectivity index (χ4v) is 1.98. The lowest BCUT2D eigenvalue weighted by atomic mass is 10.2. The van der Waals surface area contributed by atoms with Gasteiger partial charge in [-0.25, -0.2) is 0 Å². The molecule has 0 aromatic heterocycles. The molecule has 0 heterocycles. The lowest BCUT2D eigenvalue weighted by molar-refractivity contribution is 0.258. The first-order chi connectivity index (χ1) is 9.29. The van der Waals surface area contributed by atoms with Crippen molar-refractivity contribution in [1.29, 1.82) is 0 Å². The third-order valence-electron chi connectivity index (χ3n) is 3.18. The molecule has 2 heteroatoms. The second kappa shape index (κ2) is 9.71. The molecule has 0 spiro atoms. The zero-order valence-corrected chi connectivity index (χ0v) is 12.7. The normalized spacial score (nSPS) is 10.5. The topological polar surface area (TPSA) is 18.5 Å². The van der Waals surface area contributed by atoms with Crippen molar-refractivity contribution in [3.8, 4) is 11.5 Å². The summed E-state index contributed by atoms with van der Waals surface area (Å²) in [4.78, 5) is 0. The first kappa shape index (κ1) is 15.9. The molecule has 0 fully saturated rings. The summed E-state index contributed by atoms with van der Waals surface area (Å²) >= 11 is 0. The number of unbranched alkanes of at least 4 members (excludes halogenated alkanes) is 4. The Morgan fingerprint density at radius 1 is 0.842 bits per heavy atom. The zero-order valence-electron chi connectivity index (χ0n) is 12.7. The van der Waals surface area contributed by atoms with Gasteiger partial charge in [0, 0.05) is 0 Å². The summed E-state index contributed by atoms with van der Waals surface area (Å²) < 4.78 is 11.8. The van der Waals surface area contributed by atoms with E-state index in [0.29, 0.717) is 0 Å². The maximum atomic E-state index is 5.90. The first-order valence-electron chi connectivity index (χ1n) is 7.64. The molecule has 0 amide bonds. The fraction of sp³-hybridized carbons (Fsp3) is 0.647. The lowest BCUT2D eigenvalue weighted by Crippen LogP contribution is -2.03. The van der Waals surface area contributed by atoms with E-state index < -0.39 is 0 Å². The van der Waals surface area contributed by atoms with Crippen LogP contribution in [0, 0.1) is 6.92 Å². The fourth-order valence-electron chi connectivity index (χ4n) is 1.98. The van der Waals surface area contributed by atoms with Crippen molar-refractivity contribution in [2.75, 3.05) is 13.2 Å². The van der Waals surface area contributed by atoms with Crippen LogP contribution in [0.5, 0.6) is 11.5 Å². The van der Waals surface area contributed by atoms with Crippen molar-refractivity contribution in [3.63, 3.8) is 0 Å². The molecule has 0 aliphatic rings. The van der Waals surface area contributed by atoms with Crippen LogP contribution < -0.4 is 9.47 Å². The Balaban J connectivity index is 2.51. The molecule has 0 bridgehead atoms. The number of para-hydroxylation sites is 1. The average Bonchev–Trinajstić information content (AvgIpc) is 2.42. The van der Waals surface area contributed by atoms with E-state index in [9.17, 15) is 0 Å². The molecule has 0 N–H and O–H groups in total. The van der Waals surface area contributed by atoms with Crippen LogP contribution in [-0.2, 0) is 0 Å². The molecule has 0 atom stereocenters. The molecule has 108 valence electrons. The molecule has 0 radical (unpaired) electrons. The number of hydrogen-bond donors (Lipinski definition) is 0. The minimum Gasteiger partial charge on any atom is -0.490 e. The summed E-state index contributed by atoms with van der Waals surface area (Å²) in [5.74, 6) is 1.82. The van der Waals surface area contributed by atoms with E-state index in [1.165, 1.54) is 25.7 Å². The molecule has 1 rings (SSSR count). The Morgan fingerprint density at radius 2 is 1.47 bits per heavy atom. The Bertz CT molecular complexity index is 347. The number of hydrogen-bond acceptors (Lipinski definition) is 2. The van der Waals surface area contributed by atoms with Gasteiger partial charge in [0.25, 0.3) is 0 Å². The molecule has 0 saturated heterocycles. The maximum absolute atomic E-state index is 5.90. The summed E-state index contributed by atoms with van der Waals surface area (Å²) in [5.41, 5.74) is 1.16. The molecular formula is C17H28O2. The van der Waals surface area contributed by atoms with Crippen LogP contribution in [0.3, 0.4) is 0 Å². The minimum atomic E-state index is 0.780. The van der Waals surface area contributed by atoms with Gasteiger partial charge >= 0.3 is 0 Å². The zero-order chi connectivity index (χ0) is 13.9. The summed E-state index contributed by atoms with van der Waals surface area (Å²) in [5, 5.41) is 0. The quantitative estimate of drug-likeness (QED) is 0.545. The van der Waals surface area contributed by atoms with Gasteiger partial charge in [-0.1, -0.05) is 51.7 Å². The molecule has 0 aliphatic heterocycles. The maximum Gasteiger partial charge on any atom is 0.164 e. The van der Waals surface area contributed by atoms with Gasteiger partial charge in [-0.05, 0) is 31.4 Å². The molecule has 0 unspecified atom stereocenters. The summed E-state index contributed by atoms with van der Waals surface area (Å²) in [6.45, 7) is 8.05. The Labute approximate surface area is 118 Å². The monoisotopic (exact) mass is 264 g/mol. The Morgan fingerprint density at radius 3 is 2.11 bits per heavy atom. The van der Waals surface area contributed by atoms with Crippen LogP contribution >= 0.6 is 0 Å². The minimum absolute atomic E-state index is 0.780. The highest BCUT2D eigenvalue weighted by molar-refractivity contribution is 5.45. The molecule has 1 aromatic rings. The van der Waals surface area contributed by atoms with Crippen molar-refractivity contribution in [2.24, 2.45) is 0 Å². The van der Waals surface area contributed by atoms with E-state index >= 15 is 0 Å². The highest BCUT2D eigenvalue weighted by Crippen LogP contribution is 2.31. The highest BCUT2D eigenvalue weighted by Gasteiger charge is 2.07. The van der Waals surface area contributed by atoms with Gasteiger partial charge in [0.05, 0.1) is 13.2 Å². The Kier molecular flexibility index (Phi) is 8.11. The van der Waals surface area contributed by atoms with Gasteiger partial charge in [-0.3, -0.25) is 0 Å². The van der Waals surface area contributed by atoms with Gasteiger partial charge in [0.1, 0.15) is 0 Å². The highest BCUT2D eigenvalue weighted by atomic mass is 16.5. The van der Waals surface area contributed by atoms with Gasteiger partial charge in [-0.15, -0.1) is 0 Å². The van der Waals surface area contributed by atoms with E-state index in [4.69, 9.17) is 9.47 Å². The van der Waals surface area contributed by atoms with Gasteiger partial charge in [-0.2, -0.15) is 0 Å². The standard InChI is InChI=1S/C17H28O2/c1-4-6-8-13-18-16-12-10-11-15(3)17(16)19-14-9-7-5-2/h10-12H,4-9,13-14H2,1-3H3. The van der Waals surface area contributed by atoms with Crippen molar-refractivity contribution in [3.05, 3.63) is 23.8 Å². The number of rotatable bonds is 10. The molecule has 0 aliphatic carbocycles. The van der Waals surface area contributed by atoms with E-state index in [0.717, 1.165) is 43.1 Å². The number of aryl methyl sites for hydroxylation is 1. The van der Waals surface area contributed by atoms with Gasteiger partial charge in [0.2, 0.25) is 0 Å². The molecular weight excluding hydrogens is 236 g/mol. The Hall–Kier alpha value is -1.18. The second-order valence-electron chi connectivity index (χ2n) is 5.01. The largest absolute Gasteiger partial charge is 0.490 e. The van der Waals surface area contributed by atoms with Gasteiger partial charge in [0.15, 0.2) is 11.5 Å². The molecule has 2 nitrogen and oxygen atoms in total. The van der Waals surface area contributed by atoms with Crippen molar-refractivity contribution < 1.29 is 9.47 Å². The number of benzene rings is 1. The molecule has 19 heavy (non-hydrogen) atoms. The third-order valence-corrected chi connectivity index (χ3v) is 3.18. The van der Waals surface area contributed by atoms with Crippen LogP contribution in [-0.4, -0.2) is 13.2 Å². The summed E-state index contributed by atoms with van der Waals surface area (Å²) in [6.07, 6.45) is 7.10. The van der Waals surface area contributed by atoms with E-state index in [2.05, 4.69) is 26.8 Å². The van der Waals surface area contributed by atoms with E-state index in [1.54, 1.807) is 0 Å². The SMILES string of the molecule is CCCCCOc1cccc(C)c1OCCCCC. The van der Waals surface area contributed by atoms with Crippen LogP contribution in [0.4, 0.5) is 0 Å². The van der Waals surface area contributed by atoms with E-state index in [1.807, 2.05) is 12.1 Å².